The molecule has 1 unspecified atom stereocenters. The fraction of sp³-hybridized carbons (Fsp3) is 0.545. The number of halogens is 1. The quantitative estimate of drug-likeness (QED) is 0.633. The summed E-state index contributed by atoms with van der Waals surface area (Å²) < 4.78 is 0. The van der Waals surface area contributed by atoms with Gasteiger partial charge in [-0.2, -0.15) is 0 Å². The lowest BCUT2D eigenvalue weighted by atomic mass is 9.76. The molecule has 0 radical (unpaired) electrons. The lowest BCUT2D eigenvalue weighted by molar-refractivity contribution is -0.118. The van der Waals surface area contributed by atoms with E-state index in [1.165, 1.54) is 0 Å². The zero-order valence-electron chi connectivity index (χ0n) is 8.19. The van der Waals surface area contributed by atoms with E-state index in [0.717, 1.165) is 30.4 Å². The third-order valence-corrected chi connectivity index (χ3v) is 2.83. The van der Waals surface area contributed by atoms with Crippen LogP contribution in [0.25, 0.3) is 0 Å². The van der Waals surface area contributed by atoms with Gasteiger partial charge in [0.25, 0.3) is 0 Å². The average molecular weight is 199 g/mol. The van der Waals surface area contributed by atoms with E-state index in [2.05, 4.69) is 13.5 Å². The molecule has 0 heterocycles. The Morgan fingerprint density at radius 3 is 2.69 bits per heavy atom. The zero-order valence-corrected chi connectivity index (χ0v) is 8.95. The summed E-state index contributed by atoms with van der Waals surface area (Å²) in [5.74, 6) is -0.0145. The Balaban J connectivity index is 2.71. The highest BCUT2D eigenvalue weighted by atomic mass is 35.5. The average Bonchev–Trinajstić information content (AvgIpc) is 2.09. The molecule has 1 atom stereocenters. The largest absolute Gasteiger partial charge is 0.292 e. The van der Waals surface area contributed by atoms with Gasteiger partial charge in [-0.1, -0.05) is 37.1 Å². The van der Waals surface area contributed by atoms with Crippen LogP contribution >= 0.6 is 11.6 Å². The molecule has 1 aliphatic carbocycles. The summed E-state index contributed by atoms with van der Waals surface area (Å²) in [5, 5.41) is 0.460. The van der Waals surface area contributed by atoms with Crippen LogP contribution in [0.3, 0.4) is 0 Å². The van der Waals surface area contributed by atoms with Gasteiger partial charge in [0.05, 0.1) is 11.0 Å². The molecular formula is C11H15ClO. The lowest BCUT2D eigenvalue weighted by Crippen LogP contribution is -2.29. The summed E-state index contributed by atoms with van der Waals surface area (Å²) in [5.41, 5.74) is 2.02. The van der Waals surface area contributed by atoms with Crippen LogP contribution in [0.4, 0.5) is 0 Å². The molecule has 1 aliphatic rings. The Kier molecular flexibility index (Phi) is 3.32. The molecule has 0 aromatic carbocycles. The van der Waals surface area contributed by atoms with Crippen molar-refractivity contribution in [2.75, 3.05) is 0 Å². The van der Waals surface area contributed by atoms with Crippen molar-refractivity contribution in [3.8, 4) is 0 Å². The highest BCUT2D eigenvalue weighted by Crippen LogP contribution is 2.40. The van der Waals surface area contributed by atoms with Crippen molar-refractivity contribution < 1.29 is 4.79 Å². The molecular weight excluding hydrogens is 184 g/mol. The first-order valence-corrected chi connectivity index (χ1v) is 5.05. The van der Waals surface area contributed by atoms with E-state index in [4.69, 9.17) is 11.6 Å². The van der Waals surface area contributed by atoms with Gasteiger partial charge >= 0.3 is 0 Å². The van der Waals surface area contributed by atoms with Gasteiger partial charge in [0.1, 0.15) is 0 Å². The Bertz CT molecular complexity index is 276. The van der Waals surface area contributed by atoms with Crippen molar-refractivity contribution in [1.29, 1.82) is 0 Å². The van der Waals surface area contributed by atoms with Crippen LogP contribution in [0.2, 0.25) is 0 Å². The molecule has 72 valence electrons. The Morgan fingerprint density at radius 2 is 2.23 bits per heavy atom. The van der Waals surface area contributed by atoms with Gasteiger partial charge in [-0.3, -0.25) is 4.79 Å². The minimum Gasteiger partial charge on any atom is -0.292 e. The first kappa shape index (κ1) is 10.5. The molecule has 1 nitrogen and oxygen atoms in total. The number of Topliss-reactive ketones (excluding diaryl/α,β-unsaturated/α-hetero) is 1. The van der Waals surface area contributed by atoms with Crippen LogP contribution in [0.5, 0.6) is 0 Å². The smallest absolute Gasteiger partial charge is 0.185 e. The molecule has 0 saturated heterocycles. The highest BCUT2D eigenvalue weighted by molar-refractivity contribution is 6.46. The number of unbranched alkanes of at least 4 members (excludes halogenated alkanes) is 1. The number of carbonyl (C=O) groups is 1. The maximum absolute atomic E-state index is 11.3. The van der Waals surface area contributed by atoms with Gasteiger partial charge < -0.3 is 0 Å². The lowest BCUT2D eigenvalue weighted by Gasteiger charge is -2.29. The van der Waals surface area contributed by atoms with Crippen molar-refractivity contribution in [1.82, 2.24) is 0 Å². The van der Waals surface area contributed by atoms with E-state index in [9.17, 15) is 4.79 Å². The Morgan fingerprint density at radius 1 is 1.62 bits per heavy atom. The summed E-state index contributed by atoms with van der Waals surface area (Å²) in [4.78, 5) is 11.3. The number of allylic oxidation sites excluding steroid dienone is 3. The first-order chi connectivity index (χ1) is 6.09. The third-order valence-electron chi connectivity index (χ3n) is 2.40. The summed E-state index contributed by atoms with van der Waals surface area (Å²) in [6.07, 6.45) is 3.17. The molecule has 0 fully saturated rings. The molecule has 0 aromatic heterocycles. The van der Waals surface area contributed by atoms with E-state index in [-0.39, 0.29) is 11.7 Å². The molecule has 2 heteroatoms. The van der Waals surface area contributed by atoms with Crippen LogP contribution in [-0.2, 0) is 4.79 Å². The van der Waals surface area contributed by atoms with Gasteiger partial charge in [-0.15, -0.1) is 0 Å². The van der Waals surface area contributed by atoms with Gasteiger partial charge in [0.2, 0.25) is 0 Å². The monoisotopic (exact) mass is 198 g/mol. The fourth-order valence-electron chi connectivity index (χ4n) is 1.63. The van der Waals surface area contributed by atoms with Crippen LogP contribution < -0.4 is 0 Å². The van der Waals surface area contributed by atoms with Crippen molar-refractivity contribution >= 4 is 17.4 Å². The minimum atomic E-state index is -0.0703. The van der Waals surface area contributed by atoms with Crippen LogP contribution in [-0.4, -0.2) is 5.78 Å². The SMILES string of the molecule is C=C(C)C1C(=O)C(Cl)=C1CCCC. The molecule has 13 heavy (non-hydrogen) atoms. The predicted octanol–water partition coefficient (Wildman–Crippen LogP) is 3.44. The second-order valence-electron chi connectivity index (χ2n) is 3.59. The van der Waals surface area contributed by atoms with E-state index in [0.29, 0.717) is 5.03 Å². The normalized spacial score (nSPS) is 21.8. The van der Waals surface area contributed by atoms with Crippen molar-refractivity contribution in [2.45, 2.75) is 33.1 Å². The molecule has 0 spiro atoms. The molecule has 0 N–H and O–H groups in total. The summed E-state index contributed by atoms with van der Waals surface area (Å²) >= 11 is 5.83. The second kappa shape index (κ2) is 4.10. The van der Waals surface area contributed by atoms with Crippen molar-refractivity contribution in [3.05, 3.63) is 22.8 Å². The van der Waals surface area contributed by atoms with Gasteiger partial charge in [0.15, 0.2) is 5.78 Å². The molecule has 0 aliphatic heterocycles. The van der Waals surface area contributed by atoms with E-state index < -0.39 is 0 Å². The van der Waals surface area contributed by atoms with Crippen molar-refractivity contribution in [3.63, 3.8) is 0 Å². The molecule has 0 aromatic rings. The number of ketones is 1. The first-order valence-electron chi connectivity index (χ1n) is 4.67. The molecule has 1 rings (SSSR count). The van der Waals surface area contributed by atoms with Gasteiger partial charge in [-0.05, 0) is 25.3 Å². The number of rotatable bonds is 4. The Hall–Kier alpha value is -0.560. The fourth-order valence-corrected chi connectivity index (χ4v) is 1.95. The minimum absolute atomic E-state index is 0.0558. The second-order valence-corrected chi connectivity index (χ2v) is 3.96. The number of carbonyl (C=O) groups excluding carboxylic acids is 1. The maximum Gasteiger partial charge on any atom is 0.185 e. The Labute approximate surface area is 84.5 Å². The maximum atomic E-state index is 11.3. The van der Waals surface area contributed by atoms with Crippen molar-refractivity contribution in [2.24, 2.45) is 5.92 Å². The number of hydrogen-bond acceptors (Lipinski definition) is 1. The topological polar surface area (TPSA) is 17.1 Å². The third kappa shape index (κ3) is 1.86. The van der Waals surface area contributed by atoms with Crippen LogP contribution in [0.15, 0.2) is 22.8 Å². The summed E-state index contributed by atoms with van der Waals surface area (Å²) in [6, 6.07) is 0. The summed E-state index contributed by atoms with van der Waals surface area (Å²) in [6.45, 7) is 7.82. The molecule has 0 bridgehead atoms. The highest BCUT2D eigenvalue weighted by Gasteiger charge is 2.37. The molecule has 0 saturated carbocycles. The summed E-state index contributed by atoms with van der Waals surface area (Å²) in [7, 11) is 0. The zero-order chi connectivity index (χ0) is 10.0. The standard InChI is InChI=1S/C11H15ClO/c1-4-5-6-8-9(7(2)3)11(13)10(8)12/h9H,2,4-6H2,1,3H3. The van der Waals surface area contributed by atoms with E-state index in [1.54, 1.807) is 0 Å². The molecule has 0 amide bonds. The van der Waals surface area contributed by atoms with Gasteiger partial charge in [0, 0.05) is 0 Å². The van der Waals surface area contributed by atoms with Crippen LogP contribution in [0, 0.1) is 5.92 Å². The van der Waals surface area contributed by atoms with Crippen LogP contribution in [0.1, 0.15) is 33.1 Å². The predicted molar refractivity (Wildman–Crippen MR) is 55.7 cm³/mol. The van der Waals surface area contributed by atoms with Gasteiger partial charge in [-0.25, -0.2) is 0 Å². The van der Waals surface area contributed by atoms with E-state index >= 15 is 0 Å². The number of hydrogen-bond donors (Lipinski definition) is 0. The van der Waals surface area contributed by atoms with E-state index in [1.807, 2.05) is 6.92 Å².